The number of nitrogens with zero attached hydrogens (tertiary/aromatic N) is 3. The zero-order chi connectivity index (χ0) is 21.3. The molecule has 1 unspecified atom stereocenters. The number of urea groups is 1. The molecular formula is C19H21N5O4S. The van der Waals surface area contributed by atoms with Gasteiger partial charge in [0, 0.05) is 7.05 Å². The molecule has 29 heavy (non-hydrogen) atoms. The predicted octanol–water partition coefficient (Wildman–Crippen LogP) is 2.38. The fourth-order valence-electron chi connectivity index (χ4n) is 3.02. The number of rotatable bonds is 5. The topological polar surface area (TPSA) is 129 Å². The fraction of sp³-hybridized carbons (Fsp3) is 0.316. The minimum absolute atomic E-state index is 0.251. The number of thiophene rings is 1. The number of primary amides is 1. The molecule has 152 valence electrons. The summed E-state index contributed by atoms with van der Waals surface area (Å²) in [6.45, 7) is 5.17. The lowest BCUT2D eigenvalue weighted by atomic mass is 10.1. The molecule has 3 N–H and O–H groups in total. The van der Waals surface area contributed by atoms with Gasteiger partial charge in [-0.15, -0.1) is 11.3 Å². The van der Waals surface area contributed by atoms with E-state index in [1.165, 1.54) is 11.3 Å². The van der Waals surface area contributed by atoms with Gasteiger partial charge in [0.1, 0.15) is 0 Å². The van der Waals surface area contributed by atoms with Crippen LogP contribution in [0.15, 0.2) is 23.6 Å². The van der Waals surface area contributed by atoms with Gasteiger partial charge in [0.25, 0.3) is 5.91 Å². The number of fused-ring (bicyclic) bond motifs is 1. The number of nitrogens with one attached hydrogen (secondary N) is 1. The van der Waals surface area contributed by atoms with Crippen molar-refractivity contribution in [1.82, 2.24) is 20.1 Å². The highest BCUT2D eigenvalue weighted by molar-refractivity contribution is 7.13. The molecule has 0 fully saturated rings. The molecule has 0 aromatic carbocycles. The first-order valence-corrected chi connectivity index (χ1v) is 9.76. The van der Waals surface area contributed by atoms with E-state index in [1.807, 2.05) is 22.8 Å². The lowest BCUT2D eigenvalue weighted by Gasteiger charge is -2.20. The Morgan fingerprint density at radius 1 is 1.31 bits per heavy atom. The van der Waals surface area contributed by atoms with E-state index in [0.29, 0.717) is 22.4 Å². The van der Waals surface area contributed by atoms with E-state index in [-0.39, 0.29) is 11.5 Å². The summed E-state index contributed by atoms with van der Waals surface area (Å²) in [4.78, 5) is 41.8. The first kappa shape index (κ1) is 20.5. The van der Waals surface area contributed by atoms with Crippen molar-refractivity contribution in [3.8, 4) is 10.6 Å². The van der Waals surface area contributed by atoms with E-state index >= 15 is 0 Å². The Kier molecular flexibility index (Phi) is 5.64. The third-order valence-corrected chi connectivity index (χ3v) is 5.20. The summed E-state index contributed by atoms with van der Waals surface area (Å²) in [5.74, 6) is -1.85. The maximum atomic E-state index is 13.1. The lowest BCUT2D eigenvalue weighted by molar-refractivity contribution is -0.130. The number of hydrogen-bond acceptors (Lipinski definition) is 7. The molecule has 0 aliphatic rings. The number of ether oxygens (including phenoxy) is 1. The monoisotopic (exact) mass is 415 g/mol. The molecule has 0 radical (unpaired) electrons. The molecule has 9 nitrogen and oxygen atoms in total. The summed E-state index contributed by atoms with van der Waals surface area (Å²) in [5, 5.41) is 8.78. The van der Waals surface area contributed by atoms with Crippen LogP contribution in [0.4, 0.5) is 4.79 Å². The number of aryl methyl sites for hydroxylation is 2. The van der Waals surface area contributed by atoms with E-state index in [2.05, 4.69) is 10.1 Å². The van der Waals surface area contributed by atoms with Gasteiger partial charge in [-0.25, -0.2) is 14.6 Å². The maximum absolute atomic E-state index is 13.1. The zero-order valence-corrected chi connectivity index (χ0v) is 17.2. The quantitative estimate of drug-likeness (QED) is 0.616. The van der Waals surface area contributed by atoms with Crippen LogP contribution in [0.3, 0.4) is 0 Å². The number of esters is 1. The molecule has 3 amide bonds. The Morgan fingerprint density at radius 3 is 2.62 bits per heavy atom. The van der Waals surface area contributed by atoms with Crippen molar-refractivity contribution in [2.75, 3.05) is 0 Å². The van der Waals surface area contributed by atoms with Crippen LogP contribution < -0.4 is 11.1 Å². The van der Waals surface area contributed by atoms with Gasteiger partial charge in [0.15, 0.2) is 11.8 Å². The standard InChI is InChI=1S/C19H21N5O4S/c1-9(2)15(17(25)22-19(20)27)28-18(26)11-8-12(13-6-5-7-29-13)21-16-14(11)10(3)23-24(16)4/h5-9,15H,1-4H3,(H3,20,22,25,27). The second-order valence-corrected chi connectivity index (χ2v) is 7.81. The molecule has 0 aliphatic carbocycles. The smallest absolute Gasteiger partial charge is 0.339 e. The number of aromatic nitrogens is 3. The van der Waals surface area contributed by atoms with E-state index in [4.69, 9.17) is 10.5 Å². The highest BCUT2D eigenvalue weighted by Crippen LogP contribution is 2.30. The SMILES string of the molecule is Cc1nn(C)c2nc(-c3cccs3)cc(C(=O)OC(C(=O)NC(N)=O)C(C)C)c12. The minimum atomic E-state index is -1.18. The van der Waals surface area contributed by atoms with E-state index in [0.717, 1.165) is 4.88 Å². The fourth-order valence-corrected chi connectivity index (χ4v) is 3.71. The Hall–Kier alpha value is -3.27. The highest BCUT2D eigenvalue weighted by atomic mass is 32.1. The molecule has 0 saturated heterocycles. The third kappa shape index (κ3) is 4.11. The molecule has 0 spiro atoms. The number of nitrogens with two attached hydrogens (primary N) is 1. The number of hydrogen-bond donors (Lipinski definition) is 2. The number of carbonyl (C=O) groups excluding carboxylic acids is 3. The Balaban J connectivity index is 2.06. The lowest BCUT2D eigenvalue weighted by Crippen LogP contribution is -2.45. The molecule has 1 atom stereocenters. The molecule has 3 aromatic heterocycles. The molecule has 0 saturated carbocycles. The summed E-state index contributed by atoms with van der Waals surface area (Å²) in [7, 11) is 1.74. The molecule has 3 rings (SSSR count). The van der Waals surface area contributed by atoms with Gasteiger partial charge >= 0.3 is 12.0 Å². The van der Waals surface area contributed by atoms with Gasteiger partial charge in [-0.2, -0.15) is 5.10 Å². The molecule has 0 bridgehead atoms. The molecule has 3 aromatic rings. The van der Waals surface area contributed by atoms with Gasteiger partial charge in [-0.05, 0) is 30.4 Å². The van der Waals surface area contributed by atoms with Crippen LogP contribution in [0.5, 0.6) is 0 Å². The normalized spacial score (nSPS) is 12.2. The van der Waals surface area contributed by atoms with Crippen LogP contribution in [0, 0.1) is 12.8 Å². The van der Waals surface area contributed by atoms with Crippen LogP contribution >= 0.6 is 11.3 Å². The van der Waals surface area contributed by atoms with Crippen molar-refractivity contribution in [3.05, 3.63) is 34.8 Å². The molecular weight excluding hydrogens is 394 g/mol. The highest BCUT2D eigenvalue weighted by Gasteiger charge is 2.30. The molecule has 0 aliphatic heterocycles. The average Bonchev–Trinajstić information content (AvgIpc) is 3.26. The summed E-state index contributed by atoms with van der Waals surface area (Å²) < 4.78 is 7.08. The van der Waals surface area contributed by atoms with Crippen LogP contribution in [-0.4, -0.2) is 38.8 Å². The van der Waals surface area contributed by atoms with Crippen LogP contribution in [-0.2, 0) is 16.6 Å². The predicted molar refractivity (Wildman–Crippen MR) is 108 cm³/mol. The Labute approximate surface area is 170 Å². The average molecular weight is 415 g/mol. The van der Waals surface area contributed by atoms with Crippen molar-refractivity contribution >= 4 is 40.3 Å². The summed E-state index contributed by atoms with van der Waals surface area (Å²) in [6, 6.07) is 4.41. The van der Waals surface area contributed by atoms with Gasteiger partial charge in [-0.3, -0.25) is 14.8 Å². The van der Waals surface area contributed by atoms with E-state index < -0.39 is 24.0 Å². The van der Waals surface area contributed by atoms with E-state index in [9.17, 15) is 14.4 Å². The van der Waals surface area contributed by atoms with Gasteiger partial charge in [0.2, 0.25) is 0 Å². The number of pyridine rings is 1. The second kappa shape index (κ2) is 8.00. The van der Waals surface area contributed by atoms with Crippen molar-refractivity contribution in [1.29, 1.82) is 0 Å². The first-order chi connectivity index (χ1) is 13.7. The summed E-state index contributed by atoms with van der Waals surface area (Å²) in [5.41, 5.74) is 7.01. The zero-order valence-electron chi connectivity index (χ0n) is 16.4. The van der Waals surface area contributed by atoms with E-state index in [1.54, 1.807) is 38.6 Å². The van der Waals surface area contributed by atoms with Gasteiger partial charge in [-0.1, -0.05) is 19.9 Å². The summed E-state index contributed by atoms with van der Waals surface area (Å²) in [6.07, 6.45) is -1.18. The van der Waals surface area contributed by atoms with Gasteiger partial charge in [0.05, 0.1) is 27.2 Å². The molecule has 3 heterocycles. The Morgan fingerprint density at radius 2 is 2.03 bits per heavy atom. The van der Waals surface area contributed by atoms with Crippen molar-refractivity contribution in [2.45, 2.75) is 26.9 Å². The van der Waals surface area contributed by atoms with Crippen molar-refractivity contribution < 1.29 is 19.1 Å². The van der Waals surface area contributed by atoms with Crippen LogP contribution in [0.2, 0.25) is 0 Å². The maximum Gasteiger partial charge on any atom is 0.339 e. The Bertz CT molecular complexity index is 1090. The number of amides is 3. The first-order valence-electron chi connectivity index (χ1n) is 8.88. The van der Waals surface area contributed by atoms with Crippen molar-refractivity contribution in [2.24, 2.45) is 18.7 Å². The van der Waals surface area contributed by atoms with Crippen molar-refractivity contribution in [3.63, 3.8) is 0 Å². The van der Waals surface area contributed by atoms with Gasteiger partial charge < -0.3 is 10.5 Å². The summed E-state index contributed by atoms with van der Waals surface area (Å²) >= 11 is 1.49. The third-order valence-electron chi connectivity index (χ3n) is 4.31. The minimum Gasteiger partial charge on any atom is -0.448 e. The van der Waals surface area contributed by atoms with Crippen LogP contribution in [0.1, 0.15) is 29.9 Å². The van der Waals surface area contributed by atoms with Crippen LogP contribution in [0.25, 0.3) is 21.6 Å². The number of imide groups is 1. The second-order valence-electron chi connectivity index (χ2n) is 6.86. The molecule has 10 heteroatoms. The largest absolute Gasteiger partial charge is 0.448 e. The number of carbonyl (C=O) groups is 3.